The van der Waals surface area contributed by atoms with Crippen LogP contribution in [0.3, 0.4) is 0 Å². The molecule has 7 nitrogen and oxygen atoms in total. The van der Waals surface area contributed by atoms with Gasteiger partial charge in [-0.25, -0.2) is 9.97 Å². The second-order valence-electron chi connectivity index (χ2n) is 5.90. The number of pyridine rings is 1. The minimum atomic E-state index is -0.158. The zero-order valence-corrected chi connectivity index (χ0v) is 15.1. The fourth-order valence-corrected chi connectivity index (χ4v) is 3.35. The van der Waals surface area contributed by atoms with Crippen molar-refractivity contribution in [2.75, 3.05) is 11.1 Å². The van der Waals surface area contributed by atoms with Gasteiger partial charge in [-0.15, -0.1) is 10.2 Å². The predicted molar refractivity (Wildman–Crippen MR) is 102 cm³/mol. The molecular formula is C18H16N6OS. The van der Waals surface area contributed by atoms with Gasteiger partial charge in [0.1, 0.15) is 11.3 Å². The van der Waals surface area contributed by atoms with Crippen molar-refractivity contribution in [1.29, 1.82) is 0 Å². The summed E-state index contributed by atoms with van der Waals surface area (Å²) in [4.78, 5) is 20.8. The summed E-state index contributed by atoms with van der Waals surface area (Å²) in [5, 5.41) is 12.7. The molecule has 1 N–H and O–H groups in total. The quantitative estimate of drug-likeness (QED) is 0.560. The van der Waals surface area contributed by atoms with Crippen LogP contribution >= 0.6 is 11.8 Å². The maximum Gasteiger partial charge on any atom is 0.236 e. The summed E-state index contributed by atoms with van der Waals surface area (Å²) < 4.78 is 1.99. The van der Waals surface area contributed by atoms with Crippen molar-refractivity contribution in [2.24, 2.45) is 7.05 Å². The summed E-state index contributed by atoms with van der Waals surface area (Å²) >= 11 is 1.25. The Morgan fingerprint density at radius 3 is 2.92 bits per heavy atom. The molecule has 0 spiro atoms. The van der Waals surface area contributed by atoms with Crippen LogP contribution in [0.1, 0.15) is 5.56 Å². The third-order valence-electron chi connectivity index (χ3n) is 4.00. The molecule has 0 fully saturated rings. The number of benzene rings is 1. The van der Waals surface area contributed by atoms with Gasteiger partial charge in [-0.2, -0.15) is 0 Å². The number of amides is 1. The van der Waals surface area contributed by atoms with E-state index >= 15 is 0 Å². The fourth-order valence-electron chi connectivity index (χ4n) is 2.77. The summed E-state index contributed by atoms with van der Waals surface area (Å²) in [6, 6.07) is 11.7. The van der Waals surface area contributed by atoms with Crippen LogP contribution in [0.4, 0.5) is 5.82 Å². The van der Waals surface area contributed by atoms with Crippen molar-refractivity contribution in [3.05, 3.63) is 48.2 Å². The Labute approximate surface area is 153 Å². The third-order valence-corrected chi connectivity index (χ3v) is 4.84. The number of thioether (sulfide) groups is 1. The van der Waals surface area contributed by atoms with E-state index in [2.05, 4.69) is 25.5 Å². The van der Waals surface area contributed by atoms with Gasteiger partial charge >= 0.3 is 0 Å². The van der Waals surface area contributed by atoms with Crippen LogP contribution in [0, 0.1) is 6.92 Å². The van der Waals surface area contributed by atoms with Gasteiger partial charge in [0.2, 0.25) is 11.1 Å². The molecule has 130 valence electrons. The Bertz CT molecular complexity index is 1120. The summed E-state index contributed by atoms with van der Waals surface area (Å²) in [6.07, 6.45) is 1.67. The number of hydrogen-bond acceptors (Lipinski definition) is 6. The number of carbonyl (C=O) groups is 1. The molecule has 0 radical (unpaired) electrons. The summed E-state index contributed by atoms with van der Waals surface area (Å²) in [6.45, 7) is 1.95. The van der Waals surface area contributed by atoms with Crippen LogP contribution in [0.25, 0.3) is 22.1 Å². The largest absolute Gasteiger partial charge is 0.327 e. The van der Waals surface area contributed by atoms with Crippen molar-refractivity contribution in [3.63, 3.8) is 0 Å². The molecule has 26 heavy (non-hydrogen) atoms. The molecule has 0 saturated carbocycles. The normalized spacial score (nSPS) is 11.2. The average Bonchev–Trinajstić information content (AvgIpc) is 2.93. The van der Waals surface area contributed by atoms with E-state index in [0.717, 1.165) is 27.6 Å². The summed E-state index contributed by atoms with van der Waals surface area (Å²) in [7, 11) is 1.95. The lowest BCUT2D eigenvalue weighted by Crippen LogP contribution is -2.15. The van der Waals surface area contributed by atoms with Crippen LogP contribution in [0.2, 0.25) is 0 Å². The van der Waals surface area contributed by atoms with Gasteiger partial charge in [0, 0.05) is 18.6 Å². The number of carbonyl (C=O) groups excluding carboxylic acids is 1. The highest BCUT2D eigenvalue weighted by Crippen LogP contribution is 2.25. The van der Waals surface area contributed by atoms with Crippen molar-refractivity contribution < 1.29 is 4.79 Å². The summed E-state index contributed by atoms with van der Waals surface area (Å²) in [5.41, 5.74) is 3.61. The number of aryl methyl sites for hydroxylation is 2. The van der Waals surface area contributed by atoms with E-state index in [1.807, 2.05) is 54.9 Å². The molecule has 0 atom stereocenters. The molecule has 0 bridgehead atoms. The van der Waals surface area contributed by atoms with Gasteiger partial charge in [0.15, 0.2) is 5.65 Å². The highest BCUT2D eigenvalue weighted by Gasteiger charge is 2.13. The Morgan fingerprint density at radius 2 is 2.08 bits per heavy atom. The molecule has 0 aliphatic heterocycles. The molecule has 3 heterocycles. The number of rotatable bonds is 4. The number of aromatic nitrogens is 5. The van der Waals surface area contributed by atoms with Crippen molar-refractivity contribution in [2.45, 2.75) is 12.1 Å². The Kier molecular flexibility index (Phi) is 4.26. The number of para-hydroxylation sites is 1. The number of nitrogens with zero attached hydrogens (tertiary/aromatic N) is 5. The molecule has 0 aliphatic rings. The van der Waals surface area contributed by atoms with E-state index < -0.39 is 0 Å². The van der Waals surface area contributed by atoms with Gasteiger partial charge < -0.3 is 9.88 Å². The van der Waals surface area contributed by atoms with E-state index in [1.54, 1.807) is 6.20 Å². The number of anilines is 1. The van der Waals surface area contributed by atoms with Crippen LogP contribution in [-0.4, -0.2) is 36.4 Å². The topological polar surface area (TPSA) is 85.6 Å². The first kappa shape index (κ1) is 16.5. The smallest absolute Gasteiger partial charge is 0.236 e. The molecule has 0 unspecified atom stereocenters. The maximum atomic E-state index is 12.1. The first-order valence-electron chi connectivity index (χ1n) is 8.05. The lowest BCUT2D eigenvalue weighted by Gasteiger charge is -2.04. The van der Waals surface area contributed by atoms with Crippen LogP contribution in [0.5, 0.6) is 0 Å². The molecule has 0 saturated heterocycles. The number of nitrogens with one attached hydrogen (secondary N) is 1. The van der Waals surface area contributed by atoms with E-state index in [0.29, 0.717) is 11.0 Å². The van der Waals surface area contributed by atoms with E-state index in [9.17, 15) is 4.79 Å². The van der Waals surface area contributed by atoms with E-state index in [4.69, 9.17) is 0 Å². The standard InChI is InChI=1S/C18H16N6OS/c1-11-7-8-19-14(9-11)20-15(25)10-26-18-21-17-16(22-23-18)12-5-3-4-6-13(12)24(17)2/h3-9H,10H2,1-2H3,(H,19,20,25). The molecule has 8 heteroatoms. The second-order valence-corrected chi connectivity index (χ2v) is 6.84. The van der Waals surface area contributed by atoms with Gasteiger partial charge in [0.05, 0.1) is 11.3 Å². The van der Waals surface area contributed by atoms with Crippen LogP contribution in [-0.2, 0) is 11.8 Å². The number of fused-ring (bicyclic) bond motifs is 3. The first-order valence-corrected chi connectivity index (χ1v) is 9.03. The highest BCUT2D eigenvalue weighted by molar-refractivity contribution is 7.99. The molecule has 4 rings (SSSR count). The average molecular weight is 364 g/mol. The molecule has 3 aromatic heterocycles. The van der Waals surface area contributed by atoms with E-state index in [-0.39, 0.29) is 11.7 Å². The third kappa shape index (κ3) is 3.11. The van der Waals surface area contributed by atoms with Gasteiger partial charge in [-0.1, -0.05) is 30.0 Å². The van der Waals surface area contributed by atoms with Crippen LogP contribution < -0.4 is 5.32 Å². The molecular weight excluding hydrogens is 348 g/mol. The number of hydrogen-bond donors (Lipinski definition) is 1. The summed E-state index contributed by atoms with van der Waals surface area (Å²) in [5.74, 6) is 0.569. The molecule has 1 aromatic carbocycles. The lowest BCUT2D eigenvalue weighted by atomic mass is 10.2. The van der Waals surface area contributed by atoms with Crippen molar-refractivity contribution >= 4 is 45.6 Å². The molecule has 0 aliphatic carbocycles. The second kappa shape index (κ2) is 6.72. The SMILES string of the molecule is Cc1ccnc(NC(=O)CSc2nnc3c4ccccc4n(C)c3n2)c1. The zero-order valence-electron chi connectivity index (χ0n) is 14.3. The van der Waals surface area contributed by atoms with Gasteiger partial charge in [-0.05, 0) is 30.7 Å². The fraction of sp³-hybridized carbons (Fsp3) is 0.167. The minimum absolute atomic E-state index is 0.158. The molecule has 1 amide bonds. The minimum Gasteiger partial charge on any atom is -0.327 e. The van der Waals surface area contributed by atoms with E-state index in [1.165, 1.54) is 11.8 Å². The first-order chi connectivity index (χ1) is 12.6. The predicted octanol–water partition coefficient (Wildman–Crippen LogP) is 2.95. The van der Waals surface area contributed by atoms with Gasteiger partial charge in [-0.3, -0.25) is 4.79 Å². The maximum absolute atomic E-state index is 12.1. The molecule has 4 aromatic rings. The Hall–Kier alpha value is -3.00. The Morgan fingerprint density at radius 1 is 1.23 bits per heavy atom. The zero-order chi connectivity index (χ0) is 18.1. The van der Waals surface area contributed by atoms with Crippen molar-refractivity contribution in [1.82, 2.24) is 24.7 Å². The monoisotopic (exact) mass is 364 g/mol. The van der Waals surface area contributed by atoms with Crippen molar-refractivity contribution in [3.8, 4) is 0 Å². The lowest BCUT2D eigenvalue weighted by molar-refractivity contribution is -0.113. The van der Waals surface area contributed by atoms with Crippen LogP contribution in [0.15, 0.2) is 47.8 Å². The van der Waals surface area contributed by atoms with Gasteiger partial charge in [0.25, 0.3) is 0 Å². The highest BCUT2D eigenvalue weighted by atomic mass is 32.2. The Balaban J connectivity index is 1.51.